The molecular formula is C12H16IN3O2. The molecule has 0 fully saturated rings. The number of urea groups is 1. The molecular weight excluding hydrogens is 345 g/mol. The molecule has 0 heterocycles. The maximum Gasteiger partial charge on any atom is 0.316 e. The smallest absolute Gasteiger partial charge is 0.316 e. The Balaban J connectivity index is 2.35. The minimum Gasteiger partial charge on any atom is -0.350 e. The monoisotopic (exact) mass is 361 g/mol. The average molecular weight is 361 g/mol. The lowest BCUT2D eigenvalue weighted by Gasteiger charge is -2.12. The lowest BCUT2D eigenvalue weighted by Crippen LogP contribution is -2.39. The fraction of sp³-hybridized carbons (Fsp3) is 0.333. The standard InChI is InChI=1S/C12H16IN3O2/c1-16(2)12(18)15-8-7-14-11(17)9-5-3-4-6-10(9)13/h3-6H,7-8H2,1-2H3,(H,14,17)(H,15,18). The number of carbonyl (C=O) groups excluding carboxylic acids is 2. The van der Waals surface area contributed by atoms with E-state index in [4.69, 9.17) is 0 Å². The van der Waals surface area contributed by atoms with E-state index < -0.39 is 0 Å². The summed E-state index contributed by atoms with van der Waals surface area (Å²) in [5, 5.41) is 5.43. The van der Waals surface area contributed by atoms with E-state index in [1.54, 1.807) is 20.2 Å². The van der Waals surface area contributed by atoms with Crippen LogP contribution in [0.4, 0.5) is 4.79 Å². The average Bonchev–Trinajstić information content (AvgIpc) is 2.34. The Hall–Kier alpha value is -1.31. The van der Waals surface area contributed by atoms with Gasteiger partial charge in [0.25, 0.3) is 5.91 Å². The summed E-state index contributed by atoms with van der Waals surface area (Å²) in [5.41, 5.74) is 0.650. The van der Waals surface area contributed by atoms with Gasteiger partial charge in [0.05, 0.1) is 5.56 Å². The molecule has 0 bridgehead atoms. The highest BCUT2D eigenvalue weighted by molar-refractivity contribution is 14.1. The second-order valence-electron chi connectivity index (χ2n) is 3.86. The summed E-state index contributed by atoms with van der Waals surface area (Å²) in [6.07, 6.45) is 0. The van der Waals surface area contributed by atoms with Crippen molar-refractivity contribution in [3.63, 3.8) is 0 Å². The van der Waals surface area contributed by atoms with Gasteiger partial charge in [0.2, 0.25) is 0 Å². The van der Waals surface area contributed by atoms with Crippen LogP contribution in [0.15, 0.2) is 24.3 Å². The predicted molar refractivity (Wildman–Crippen MR) is 78.6 cm³/mol. The van der Waals surface area contributed by atoms with Crippen LogP contribution in [0, 0.1) is 3.57 Å². The Bertz CT molecular complexity index is 435. The summed E-state index contributed by atoms with van der Waals surface area (Å²) in [4.78, 5) is 24.5. The zero-order valence-electron chi connectivity index (χ0n) is 10.4. The van der Waals surface area contributed by atoms with Crippen LogP contribution >= 0.6 is 22.6 Å². The number of nitrogens with zero attached hydrogens (tertiary/aromatic N) is 1. The third-order valence-electron chi connectivity index (χ3n) is 2.21. The molecule has 18 heavy (non-hydrogen) atoms. The lowest BCUT2D eigenvalue weighted by atomic mass is 10.2. The summed E-state index contributed by atoms with van der Waals surface area (Å²) in [6, 6.07) is 7.19. The van der Waals surface area contributed by atoms with Crippen LogP contribution in [0.3, 0.4) is 0 Å². The van der Waals surface area contributed by atoms with Gasteiger partial charge in [-0.2, -0.15) is 0 Å². The molecule has 98 valence electrons. The van der Waals surface area contributed by atoms with Gasteiger partial charge in [-0.3, -0.25) is 4.79 Å². The number of amides is 3. The van der Waals surface area contributed by atoms with Gasteiger partial charge in [-0.05, 0) is 34.7 Å². The van der Waals surface area contributed by atoms with Crippen molar-refractivity contribution < 1.29 is 9.59 Å². The second kappa shape index (κ2) is 7.20. The summed E-state index contributed by atoms with van der Waals surface area (Å²) in [5.74, 6) is -0.126. The largest absolute Gasteiger partial charge is 0.350 e. The van der Waals surface area contributed by atoms with Gasteiger partial charge >= 0.3 is 6.03 Å². The third kappa shape index (κ3) is 4.52. The Morgan fingerprint density at radius 3 is 2.39 bits per heavy atom. The molecule has 0 saturated carbocycles. The van der Waals surface area contributed by atoms with Gasteiger partial charge in [0.15, 0.2) is 0 Å². The molecule has 1 aromatic rings. The maximum atomic E-state index is 11.8. The molecule has 1 aromatic carbocycles. The van der Waals surface area contributed by atoms with E-state index >= 15 is 0 Å². The lowest BCUT2D eigenvalue weighted by molar-refractivity contribution is 0.0953. The normalized spacial score (nSPS) is 9.72. The van der Waals surface area contributed by atoms with Crippen LogP contribution in [0.2, 0.25) is 0 Å². The van der Waals surface area contributed by atoms with Gasteiger partial charge in [-0.25, -0.2) is 4.79 Å². The molecule has 0 spiro atoms. The van der Waals surface area contributed by atoms with Crippen molar-refractivity contribution in [3.8, 4) is 0 Å². The van der Waals surface area contributed by atoms with Gasteiger partial charge < -0.3 is 15.5 Å². The minimum atomic E-state index is -0.168. The van der Waals surface area contributed by atoms with Crippen molar-refractivity contribution >= 4 is 34.5 Å². The zero-order valence-corrected chi connectivity index (χ0v) is 12.5. The number of benzene rings is 1. The first kappa shape index (κ1) is 14.7. The van der Waals surface area contributed by atoms with Gasteiger partial charge in [-0.1, -0.05) is 12.1 Å². The first-order valence-corrected chi connectivity index (χ1v) is 6.58. The molecule has 0 aliphatic carbocycles. The van der Waals surface area contributed by atoms with Crippen molar-refractivity contribution in [2.75, 3.05) is 27.2 Å². The molecule has 0 radical (unpaired) electrons. The zero-order chi connectivity index (χ0) is 13.5. The van der Waals surface area contributed by atoms with Crippen LogP contribution in [-0.2, 0) is 0 Å². The molecule has 1 rings (SSSR count). The molecule has 0 atom stereocenters. The van der Waals surface area contributed by atoms with Crippen LogP contribution < -0.4 is 10.6 Å². The summed E-state index contributed by atoms with van der Waals surface area (Å²) < 4.78 is 0.907. The second-order valence-corrected chi connectivity index (χ2v) is 5.02. The summed E-state index contributed by atoms with van der Waals surface area (Å²) in [6.45, 7) is 0.815. The first-order valence-electron chi connectivity index (χ1n) is 5.50. The van der Waals surface area contributed by atoms with Crippen molar-refractivity contribution in [3.05, 3.63) is 33.4 Å². The number of carbonyl (C=O) groups is 2. The Labute approximate surface area is 120 Å². The minimum absolute atomic E-state index is 0.126. The Kier molecular flexibility index (Phi) is 5.90. The predicted octanol–water partition coefficient (Wildman–Crippen LogP) is 1.29. The summed E-state index contributed by atoms with van der Waals surface area (Å²) in [7, 11) is 3.33. The number of nitrogens with one attached hydrogen (secondary N) is 2. The Morgan fingerprint density at radius 1 is 1.17 bits per heavy atom. The van der Waals surface area contributed by atoms with Crippen molar-refractivity contribution in [1.82, 2.24) is 15.5 Å². The molecule has 0 aliphatic heterocycles. The van der Waals surface area contributed by atoms with Gasteiger partial charge in [0.1, 0.15) is 0 Å². The van der Waals surface area contributed by atoms with E-state index in [9.17, 15) is 9.59 Å². The van der Waals surface area contributed by atoms with Crippen LogP contribution in [0.1, 0.15) is 10.4 Å². The summed E-state index contributed by atoms with van der Waals surface area (Å²) >= 11 is 2.12. The van der Waals surface area contributed by atoms with Crippen molar-refractivity contribution in [2.45, 2.75) is 0 Å². The topological polar surface area (TPSA) is 61.4 Å². The van der Waals surface area contributed by atoms with Crippen molar-refractivity contribution in [1.29, 1.82) is 0 Å². The van der Waals surface area contributed by atoms with Crippen LogP contribution in [0.25, 0.3) is 0 Å². The van der Waals surface area contributed by atoms with E-state index in [2.05, 4.69) is 33.2 Å². The van der Waals surface area contributed by atoms with Crippen LogP contribution in [0.5, 0.6) is 0 Å². The Morgan fingerprint density at radius 2 is 1.78 bits per heavy atom. The first-order chi connectivity index (χ1) is 8.52. The van der Waals surface area contributed by atoms with E-state index in [0.29, 0.717) is 18.7 Å². The van der Waals surface area contributed by atoms with E-state index in [1.807, 2.05) is 18.2 Å². The molecule has 5 nitrogen and oxygen atoms in total. The maximum absolute atomic E-state index is 11.8. The quantitative estimate of drug-likeness (QED) is 0.627. The molecule has 6 heteroatoms. The van der Waals surface area contributed by atoms with Gasteiger partial charge in [0, 0.05) is 30.8 Å². The SMILES string of the molecule is CN(C)C(=O)NCCNC(=O)c1ccccc1I. The molecule has 0 saturated heterocycles. The molecule has 0 aliphatic rings. The highest BCUT2D eigenvalue weighted by Gasteiger charge is 2.08. The number of rotatable bonds is 4. The number of halogens is 1. The van der Waals surface area contributed by atoms with E-state index in [-0.39, 0.29) is 11.9 Å². The van der Waals surface area contributed by atoms with E-state index in [0.717, 1.165) is 3.57 Å². The number of hydrogen-bond acceptors (Lipinski definition) is 2. The molecule has 3 amide bonds. The molecule has 0 unspecified atom stereocenters. The fourth-order valence-electron chi connectivity index (χ4n) is 1.24. The van der Waals surface area contributed by atoms with Crippen molar-refractivity contribution in [2.24, 2.45) is 0 Å². The highest BCUT2D eigenvalue weighted by atomic mass is 127. The third-order valence-corrected chi connectivity index (χ3v) is 3.15. The highest BCUT2D eigenvalue weighted by Crippen LogP contribution is 2.10. The van der Waals surface area contributed by atoms with E-state index in [1.165, 1.54) is 4.90 Å². The van der Waals surface area contributed by atoms with Crippen LogP contribution in [-0.4, -0.2) is 44.0 Å². The fourth-order valence-corrected chi connectivity index (χ4v) is 1.88. The number of hydrogen-bond donors (Lipinski definition) is 2. The molecule has 2 N–H and O–H groups in total. The molecule has 0 aromatic heterocycles. The van der Waals surface area contributed by atoms with Gasteiger partial charge in [-0.15, -0.1) is 0 Å².